The zero-order valence-electron chi connectivity index (χ0n) is 6.21. The van der Waals surface area contributed by atoms with E-state index in [0.29, 0.717) is 0 Å². The SMILES string of the molecule is [CH]1CCOC[CH]CCOC1. The minimum absolute atomic E-state index is 0.775. The van der Waals surface area contributed by atoms with Gasteiger partial charge in [-0.3, -0.25) is 0 Å². The Labute approximate surface area is 62.5 Å². The van der Waals surface area contributed by atoms with Gasteiger partial charge in [-0.2, -0.15) is 0 Å². The van der Waals surface area contributed by atoms with Gasteiger partial charge in [0.15, 0.2) is 0 Å². The van der Waals surface area contributed by atoms with E-state index in [1.54, 1.807) is 0 Å². The van der Waals surface area contributed by atoms with Gasteiger partial charge >= 0.3 is 0 Å². The lowest BCUT2D eigenvalue weighted by molar-refractivity contribution is 0.114. The highest BCUT2D eigenvalue weighted by Gasteiger charge is 1.95. The fourth-order valence-electron chi connectivity index (χ4n) is 0.833. The van der Waals surface area contributed by atoms with Crippen LogP contribution in [0.3, 0.4) is 0 Å². The smallest absolute Gasteiger partial charge is 0.0498 e. The van der Waals surface area contributed by atoms with Crippen molar-refractivity contribution in [1.29, 1.82) is 0 Å². The minimum Gasteiger partial charge on any atom is -0.381 e. The first-order valence-electron chi connectivity index (χ1n) is 3.79. The fourth-order valence-corrected chi connectivity index (χ4v) is 0.833. The molecule has 0 bridgehead atoms. The molecule has 2 heteroatoms. The molecule has 0 saturated carbocycles. The Morgan fingerprint density at radius 2 is 1.30 bits per heavy atom. The fraction of sp³-hybridized carbons (Fsp3) is 0.750. The van der Waals surface area contributed by atoms with Crippen molar-refractivity contribution in [3.05, 3.63) is 12.8 Å². The van der Waals surface area contributed by atoms with Gasteiger partial charge in [-0.15, -0.1) is 0 Å². The van der Waals surface area contributed by atoms with Crippen LogP contribution < -0.4 is 0 Å². The lowest BCUT2D eigenvalue weighted by atomic mass is 10.3. The molecule has 1 heterocycles. The van der Waals surface area contributed by atoms with E-state index in [9.17, 15) is 0 Å². The molecule has 0 N–H and O–H groups in total. The second-order valence-electron chi connectivity index (χ2n) is 2.30. The molecule has 0 amide bonds. The van der Waals surface area contributed by atoms with Crippen LogP contribution >= 0.6 is 0 Å². The molecule has 0 aromatic rings. The highest BCUT2D eigenvalue weighted by molar-refractivity contribution is 4.68. The number of hydrogen-bond donors (Lipinski definition) is 0. The first-order chi connectivity index (χ1) is 5.00. The maximum atomic E-state index is 5.27. The lowest BCUT2D eigenvalue weighted by Gasteiger charge is -2.08. The molecule has 1 fully saturated rings. The van der Waals surface area contributed by atoms with Crippen molar-refractivity contribution in [2.75, 3.05) is 26.4 Å². The summed E-state index contributed by atoms with van der Waals surface area (Å²) in [5.41, 5.74) is 0. The van der Waals surface area contributed by atoms with Gasteiger partial charge in [0.25, 0.3) is 0 Å². The van der Waals surface area contributed by atoms with Crippen LogP contribution in [0.15, 0.2) is 0 Å². The predicted octanol–water partition coefficient (Wildman–Crippen LogP) is 1.22. The van der Waals surface area contributed by atoms with Crippen LogP contribution in [0.4, 0.5) is 0 Å². The summed E-state index contributed by atoms with van der Waals surface area (Å²) in [6.45, 7) is 3.22. The third kappa shape index (κ3) is 3.85. The molecule has 10 heavy (non-hydrogen) atoms. The largest absolute Gasteiger partial charge is 0.381 e. The summed E-state index contributed by atoms with van der Waals surface area (Å²) in [6.07, 6.45) is 6.25. The van der Waals surface area contributed by atoms with E-state index in [1.807, 2.05) is 0 Å². The summed E-state index contributed by atoms with van der Waals surface area (Å²) in [7, 11) is 0. The maximum Gasteiger partial charge on any atom is 0.0498 e. The van der Waals surface area contributed by atoms with Gasteiger partial charge in [-0.05, 0) is 25.7 Å². The van der Waals surface area contributed by atoms with Crippen molar-refractivity contribution in [1.82, 2.24) is 0 Å². The summed E-state index contributed by atoms with van der Waals surface area (Å²) in [4.78, 5) is 0. The van der Waals surface area contributed by atoms with Crippen molar-refractivity contribution in [2.45, 2.75) is 12.8 Å². The third-order valence-electron chi connectivity index (χ3n) is 1.40. The minimum atomic E-state index is 0.775. The molecule has 0 aromatic carbocycles. The second-order valence-corrected chi connectivity index (χ2v) is 2.30. The highest BCUT2D eigenvalue weighted by atomic mass is 16.5. The van der Waals surface area contributed by atoms with Crippen LogP contribution in [-0.4, -0.2) is 26.4 Å². The van der Waals surface area contributed by atoms with Crippen molar-refractivity contribution >= 4 is 0 Å². The summed E-state index contributed by atoms with van der Waals surface area (Å²) < 4.78 is 10.5. The van der Waals surface area contributed by atoms with Gasteiger partial charge in [-0.25, -0.2) is 0 Å². The van der Waals surface area contributed by atoms with E-state index in [-0.39, 0.29) is 0 Å². The molecule has 1 rings (SSSR count). The highest BCUT2D eigenvalue weighted by Crippen LogP contribution is 1.97. The van der Waals surface area contributed by atoms with Crippen LogP contribution in [0.2, 0.25) is 0 Å². The quantitative estimate of drug-likeness (QED) is 0.506. The van der Waals surface area contributed by atoms with Crippen LogP contribution in [0.25, 0.3) is 0 Å². The van der Waals surface area contributed by atoms with E-state index >= 15 is 0 Å². The van der Waals surface area contributed by atoms with E-state index in [0.717, 1.165) is 39.3 Å². The van der Waals surface area contributed by atoms with E-state index in [4.69, 9.17) is 9.47 Å². The first kappa shape index (κ1) is 8.02. The van der Waals surface area contributed by atoms with E-state index < -0.39 is 0 Å². The molecule has 1 saturated heterocycles. The second kappa shape index (κ2) is 5.69. The Bertz CT molecular complexity index is 40.4. The lowest BCUT2D eigenvalue weighted by Crippen LogP contribution is -2.06. The Balaban J connectivity index is 2.00. The van der Waals surface area contributed by atoms with Crippen LogP contribution in [0.5, 0.6) is 0 Å². The molecule has 2 radical (unpaired) electrons. The third-order valence-corrected chi connectivity index (χ3v) is 1.40. The Kier molecular flexibility index (Phi) is 4.56. The van der Waals surface area contributed by atoms with Gasteiger partial charge in [0.2, 0.25) is 0 Å². The van der Waals surface area contributed by atoms with Gasteiger partial charge < -0.3 is 9.47 Å². The number of rotatable bonds is 0. The van der Waals surface area contributed by atoms with Gasteiger partial charge in [0, 0.05) is 26.4 Å². The van der Waals surface area contributed by atoms with E-state index in [1.165, 1.54) is 0 Å². The predicted molar refractivity (Wildman–Crippen MR) is 39.5 cm³/mol. The molecular formula is C8H14O2. The Hall–Kier alpha value is -0.0800. The molecule has 0 spiro atoms. The number of ether oxygens (including phenoxy) is 2. The monoisotopic (exact) mass is 142 g/mol. The molecule has 58 valence electrons. The summed E-state index contributed by atoms with van der Waals surface area (Å²) >= 11 is 0. The van der Waals surface area contributed by atoms with Crippen molar-refractivity contribution in [3.8, 4) is 0 Å². The van der Waals surface area contributed by atoms with Crippen molar-refractivity contribution < 1.29 is 9.47 Å². The Morgan fingerprint density at radius 3 is 1.80 bits per heavy atom. The van der Waals surface area contributed by atoms with Crippen LogP contribution in [0.1, 0.15) is 12.8 Å². The van der Waals surface area contributed by atoms with E-state index in [2.05, 4.69) is 12.8 Å². The molecule has 0 unspecified atom stereocenters. The van der Waals surface area contributed by atoms with Crippen molar-refractivity contribution in [3.63, 3.8) is 0 Å². The average Bonchev–Trinajstić information content (AvgIpc) is 2.01. The molecule has 1 aliphatic heterocycles. The summed E-state index contributed by atoms with van der Waals surface area (Å²) in [5.74, 6) is 0. The zero-order valence-corrected chi connectivity index (χ0v) is 6.21. The van der Waals surface area contributed by atoms with Crippen molar-refractivity contribution in [2.24, 2.45) is 0 Å². The molecule has 1 aliphatic rings. The van der Waals surface area contributed by atoms with Gasteiger partial charge in [-0.1, -0.05) is 0 Å². The molecule has 0 aromatic heterocycles. The molecule has 0 atom stereocenters. The maximum absolute atomic E-state index is 5.27. The number of hydrogen-bond acceptors (Lipinski definition) is 2. The normalized spacial score (nSPS) is 24.0. The van der Waals surface area contributed by atoms with Gasteiger partial charge in [0.1, 0.15) is 0 Å². The molecule has 0 aliphatic carbocycles. The summed E-state index contributed by atoms with van der Waals surface area (Å²) in [6, 6.07) is 0. The standard InChI is InChI=1S/C8H14O2/c1-2-6-10-8-4-3-7-9-5-1/h1,4H,2-3,5-8H2. The Morgan fingerprint density at radius 1 is 0.800 bits per heavy atom. The molecular weight excluding hydrogens is 128 g/mol. The summed E-state index contributed by atoms with van der Waals surface area (Å²) in [5, 5.41) is 0. The zero-order chi connectivity index (χ0) is 7.07. The first-order valence-corrected chi connectivity index (χ1v) is 3.79. The van der Waals surface area contributed by atoms with Crippen LogP contribution in [-0.2, 0) is 9.47 Å². The average molecular weight is 142 g/mol. The topological polar surface area (TPSA) is 18.5 Å². The molecule has 2 nitrogen and oxygen atoms in total. The van der Waals surface area contributed by atoms with Gasteiger partial charge in [0.05, 0.1) is 0 Å². The van der Waals surface area contributed by atoms with Crippen LogP contribution in [0, 0.1) is 12.8 Å².